The van der Waals surface area contributed by atoms with Crippen molar-refractivity contribution >= 4 is 21.9 Å². The largest absolute Gasteiger partial charge is 0.468 e. The molecule has 100 valence electrons. The van der Waals surface area contributed by atoms with Gasteiger partial charge in [-0.3, -0.25) is 5.32 Å². The Morgan fingerprint density at radius 1 is 1.32 bits per heavy atom. The Hall–Kier alpha value is -1.59. The van der Waals surface area contributed by atoms with Gasteiger partial charge in [0.1, 0.15) is 11.8 Å². The standard InChI is InChI=1S/C14H14BrNO3/c1-18-14(17)13(10-5-3-2-4-6-10)16-9-11-7-8-12(15)19-11/h2-8,13,16H,9H2,1H3. The van der Waals surface area contributed by atoms with Crippen LogP contribution in [0.1, 0.15) is 17.4 Å². The third kappa shape index (κ3) is 3.68. The van der Waals surface area contributed by atoms with Crippen molar-refractivity contribution in [2.24, 2.45) is 0 Å². The number of carbonyl (C=O) groups excluding carboxylic acids is 1. The Balaban J connectivity index is 2.09. The number of nitrogens with one attached hydrogen (secondary N) is 1. The van der Waals surface area contributed by atoms with E-state index in [0.29, 0.717) is 11.2 Å². The predicted octanol–water partition coefficient (Wildman–Crippen LogP) is 3.05. The molecule has 0 radical (unpaired) electrons. The highest BCUT2D eigenvalue weighted by Crippen LogP contribution is 2.17. The molecular weight excluding hydrogens is 310 g/mol. The number of rotatable bonds is 5. The first-order valence-electron chi connectivity index (χ1n) is 5.81. The molecule has 1 atom stereocenters. The number of benzene rings is 1. The number of esters is 1. The fraction of sp³-hybridized carbons (Fsp3) is 0.214. The van der Waals surface area contributed by atoms with Crippen LogP contribution in [0.3, 0.4) is 0 Å². The van der Waals surface area contributed by atoms with Crippen molar-refractivity contribution in [2.45, 2.75) is 12.6 Å². The molecule has 0 bridgehead atoms. The summed E-state index contributed by atoms with van der Waals surface area (Å²) in [5.41, 5.74) is 0.861. The third-order valence-corrected chi connectivity index (χ3v) is 3.11. The summed E-state index contributed by atoms with van der Waals surface area (Å²) in [5.74, 6) is 0.425. The Kier molecular flexibility index (Phi) is 4.76. The number of ether oxygens (including phenoxy) is 1. The molecule has 0 spiro atoms. The van der Waals surface area contributed by atoms with Gasteiger partial charge in [0, 0.05) is 0 Å². The van der Waals surface area contributed by atoms with Crippen LogP contribution in [0.5, 0.6) is 0 Å². The van der Waals surface area contributed by atoms with Gasteiger partial charge in [-0.2, -0.15) is 0 Å². The zero-order chi connectivity index (χ0) is 13.7. The molecule has 0 saturated heterocycles. The van der Waals surface area contributed by atoms with Crippen LogP contribution in [0.25, 0.3) is 0 Å². The maximum Gasteiger partial charge on any atom is 0.327 e. The van der Waals surface area contributed by atoms with Crippen LogP contribution in [0.15, 0.2) is 51.6 Å². The molecule has 1 heterocycles. The maximum atomic E-state index is 11.8. The van der Waals surface area contributed by atoms with E-state index in [9.17, 15) is 4.79 Å². The number of methoxy groups -OCH3 is 1. The minimum atomic E-state index is -0.505. The van der Waals surface area contributed by atoms with Crippen molar-refractivity contribution in [3.05, 3.63) is 58.5 Å². The van der Waals surface area contributed by atoms with E-state index in [1.165, 1.54) is 7.11 Å². The number of carbonyl (C=O) groups is 1. The van der Waals surface area contributed by atoms with E-state index in [0.717, 1.165) is 11.3 Å². The molecule has 19 heavy (non-hydrogen) atoms. The fourth-order valence-corrected chi connectivity index (χ4v) is 2.09. The van der Waals surface area contributed by atoms with Gasteiger partial charge in [-0.15, -0.1) is 0 Å². The SMILES string of the molecule is COC(=O)C(NCc1ccc(Br)o1)c1ccccc1. The van der Waals surface area contributed by atoms with Crippen LogP contribution >= 0.6 is 15.9 Å². The summed E-state index contributed by atoms with van der Waals surface area (Å²) in [4.78, 5) is 11.8. The van der Waals surface area contributed by atoms with E-state index in [4.69, 9.17) is 9.15 Å². The lowest BCUT2D eigenvalue weighted by Gasteiger charge is -2.16. The Labute approximate surface area is 119 Å². The summed E-state index contributed by atoms with van der Waals surface area (Å²) in [6.45, 7) is 0.445. The summed E-state index contributed by atoms with van der Waals surface area (Å²) >= 11 is 3.24. The van der Waals surface area contributed by atoms with Crippen molar-refractivity contribution in [3.8, 4) is 0 Å². The van der Waals surface area contributed by atoms with Gasteiger partial charge >= 0.3 is 5.97 Å². The summed E-state index contributed by atoms with van der Waals surface area (Å²) in [6.07, 6.45) is 0. The highest BCUT2D eigenvalue weighted by atomic mass is 79.9. The Bertz CT molecular complexity index is 539. The van der Waals surface area contributed by atoms with Crippen LogP contribution in [-0.4, -0.2) is 13.1 Å². The van der Waals surface area contributed by atoms with Crippen LogP contribution in [0, 0.1) is 0 Å². The second kappa shape index (κ2) is 6.54. The molecule has 2 rings (SSSR count). The van der Waals surface area contributed by atoms with Crippen molar-refractivity contribution in [3.63, 3.8) is 0 Å². The Morgan fingerprint density at radius 3 is 2.63 bits per heavy atom. The summed E-state index contributed by atoms with van der Waals surface area (Å²) < 4.78 is 10.9. The first-order valence-corrected chi connectivity index (χ1v) is 6.60. The molecule has 5 heteroatoms. The first kappa shape index (κ1) is 13.8. The molecule has 0 saturated carbocycles. The number of hydrogen-bond acceptors (Lipinski definition) is 4. The van der Waals surface area contributed by atoms with Crippen molar-refractivity contribution < 1.29 is 13.9 Å². The molecule has 0 aliphatic rings. The quantitative estimate of drug-likeness (QED) is 0.859. The van der Waals surface area contributed by atoms with Gasteiger partial charge in [-0.1, -0.05) is 30.3 Å². The highest BCUT2D eigenvalue weighted by molar-refractivity contribution is 9.10. The number of furan rings is 1. The number of halogens is 1. The lowest BCUT2D eigenvalue weighted by atomic mass is 10.1. The number of hydrogen-bond donors (Lipinski definition) is 1. The van der Waals surface area contributed by atoms with Gasteiger partial charge in [0.2, 0.25) is 0 Å². The smallest absolute Gasteiger partial charge is 0.327 e. The van der Waals surface area contributed by atoms with E-state index < -0.39 is 6.04 Å². The molecular formula is C14H14BrNO3. The van der Waals surface area contributed by atoms with E-state index in [-0.39, 0.29) is 5.97 Å². The highest BCUT2D eigenvalue weighted by Gasteiger charge is 2.20. The van der Waals surface area contributed by atoms with Crippen LogP contribution in [0.4, 0.5) is 0 Å². The Morgan fingerprint density at radius 2 is 2.05 bits per heavy atom. The monoisotopic (exact) mass is 323 g/mol. The molecule has 1 N–H and O–H groups in total. The van der Waals surface area contributed by atoms with Gasteiger partial charge in [0.15, 0.2) is 4.67 Å². The van der Waals surface area contributed by atoms with Gasteiger partial charge in [0.25, 0.3) is 0 Å². The third-order valence-electron chi connectivity index (χ3n) is 2.68. The van der Waals surface area contributed by atoms with E-state index in [1.54, 1.807) is 0 Å². The molecule has 0 aliphatic carbocycles. The lowest BCUT2D eigenvalue weighted by Crippen LogP contribution is -2.29. The zero-order valence-electron chi connectivity index (χ0n) is 10.4. The molecule has 0 amide bonds. The van der Waals surface area contributed by atoms with Crippen LogP contribution in [-0.2, 0) is 16.1 Å². The first-order chi connectivity index (χ1) is 9.20. The molecule has 1 unspecified atom stereocenters. The molecule has 1 aromatic heterocycles. The van der Waals surface area contributed by atoms with Crippen molar-refractivity contribution in [2.75, 3.05) is 7.11 Å². The lowest BCUT2D eigenvalue weighted by molar-refractivity contribution is -0.143. The van der Waals surface area contributed by atoms with Crippen molar-refractivity contribution in [1.82, 2.24) is 5.32 Å². The topological polar surface area (TPSA) is 51.5 Å². The van der Waals surface area contributed by atoms with Gasteiger partial charge in [-0.05, 0) is 33.6 Å². The molecule has 2 aromatic rings. The normalized spacial score (nSPS) is 12.1. The average Bonchev–Trinajstić information content (AvgIpc) is 2.85. The summed E-state index contributed by atoms with van der Waals surface area (Å²) in [6, 6.07) is 12.6. The molecule has 0 fully saturated rings. The molecule has 4 nitrogen and oxygen atoms in total. The van der Waals surface area contributed by atoms with E-state index in [2.05, 4.69) is 21.2 Å². The minimum absolute atomic E-state index is 0.322. The minimum Gasteiger partial charge on any atom is -0.468 e. The van der Waals surface area contributed by atoms with Gasteiger partial charge in [0.05, 0.1) is 13.7 Å². The second-order valence-electron chi connectivity index (χ2n) is 3.95. The van der Waals surface area contributed by atoms with Crippen LogP contribution < -0.4 is 5.32 Å². The molecule has 1 aromatic carbocycles. The van der Waals surface area contributed by atoms with Crippen molar-refractivity contribution in [1.29, 1.82) is 0 Å². The van der Waals surface area contributed by atoms with Gasteiger partial charge in [-0.25, -0.2) is 4.79 Å². The van der Waals surface area contributed by atoms with Crippen LogP contribution in [0.2, 0.25) is 0 Å². The summed E-state index contributed by atoms with van der Waals surface area (Å²) in [5, 5.41) is 3.13. The summed E-state index contributed by atoms with van der Waals surface area (Å²) in [7, 11) is 1.38. The predicted molar refractivity (Wildman–Crippen MR) is 74.4 cm³/mol. The average molecular weight is 324 g/mol. The van der Waals surface area contributed by atoms with E-state index in [1.807, 2.05) is 42.5 Å². The van der Waals surface area contributed by atoms with E-state index >= 15 is 0 Å². The zero-order valence-corrected chi connectivity index (χ0v) is 12.0. The van der Waals surface area contributed by atoms with Gasteiger partial charge < -0.3 is 9.15 Å². The second-order valence-corrected chi connectivity index (χ2v) is 4.74. The fourth-order valence-electron chi connectivity index (χ4n) is 1.75. The maximum absolute atomic E-state index is 11.8. The molecule has 0 aliphatic heterocycles.